The van der Waals surface area contributed by atoms with Crippen LogP contribution in [-0.2, 0) is 0 Å². The highest BCUT2D eigenvalue weighted by molar-refractivity contribution is 6.23. The largest absolute Gasteiger partial charge is 0.278 e. The lowest BCUT2D eigenvalue weighted by molar-refractivity contribution is 1.01. The molecule has 0 aliphatic rings. The van der Waals surface area contributed by atoms with Gasteiger partial charge in [0.2, 0.25) is 11.9 Å². The highest BCUT2D eigenvalue weighted by Gasteiger charge is 2.23. The minimum atomic E-state index is 0.657. The van der Waals surface area contributed by atoms with Gasteiger partial charge in [-0.15, -0.1) is 0 Å². The van der Waals surface area contributed by atoms with Crippen molar-refractivity contribution in [2.24, 2.45) is 0 Å². The number of para-hydroxylation sites is 2. The Hall–Kier alpha value is -12.9. The van der Waals surface area contributed by atoms with E-state index in [-0.39, 0.29) is 0 Å². The van der Waals surface area contributed by atoms with Gasteiger partial charge in [0, 0.05) is 43.4 Å². The molecule has 0 aliphatic heterocycles. The molecule has 0 aliphatic carbocycles. The van der Waals surface area contributed by atoms with E-state index in [0.717, 1.165) is 83.1 Å². The lowest BCUT2D eigenvalue weighted by Gasteiger charge is -2.13. The molecule has 0 spiro atoms. The topological polar surface area (TPSA) is 61.4 Å². The predicted molar refractivity (Wildman–Crippen MR) is 401 cm³/mol. The maximum absolute atomic E-state index is 5.40. The minimum Gasteiger partial charge on any atom is -0.278 e. The van der Waals surface area contributed by atoms with Crippen LogP contribution < -0.4 is 0 Å². The molecule has 0 atom stereocenters. The summed E-state index contributed by atoms with van der Waals surface area (Å²) in [5.74, 6) is 1.32. The van der Waals surface area contributed by atoms with Crippen molar-refractivity contribution in [2.75, 3.05) is 0 Å². The van der Waals surface area contributed by atoms with Crippen LogP contribution in [0.2, 0.25) is 0 Å². The second-order valence-corrected chi connectivity index (χ2v) is 24.5. The van der Waals surface area contributed by atoms with Gasteiger partial charge in [0.05, 0.1) is 44.5 Å². The SMILES string of the molecule is c1ccc(-c2ccc(-c3ccc(-c4nc(-n5c6cc(-c7ccccc7)ccc6c6c7ccccc7ccc65)nc5ccccc45)cc3)cc2)cc1.c1ccc(-c2cccc(-c3nc(-n4c5cc(-c6ccccc6)ccc5c5c6ccccc6ccc54)nc4ccccc34)c2)cc1. The summed E-state index contributed by atoms with van der Waals surface area (Å²) in [5, 5.41) is 11.7. The molecule has 4 aromatic heterocycles. The van der Waals surface area contributed by atoms with Crippen molar-refractivity contribution < 1.29 is 0 Å². The number of hydrogen-bond donors (Lipinski definition) is 0. The molecule has 19 aromatic rings. The molecule has 0 unspecified atom stereocenters. The van der Waals surface area contributed by atoms with E-state index in [4.69, 9.17) is 19.9 Å². The van der Waals surface area contributed by atoms with Crippen LogP contribution in [0.1, 0.15) is 0 Å². The highest BCUT2D eigenvalue weighted by atomic mass is 15.2. The number of benzene rings is 15. The van der Waals surface area contributed by atoms with Crippen molar-refractivity contribution in [3.63, 3.8) is 0 Å². The fourth-order valence-corrected chi connectivity index (χ4v) is 14.2. The minimum absolute atomic E-state index is 0.657. The molecule has 96 heavy (non-hydrogen) atoms. The van der Waals surface area contributed by atoms with E-state index in [9.17, 15) is 0 Å². The van der Waals surface area contributed by atoms with Gasteiger partial charge >= 0.3 is 0 Å². The van der Waals surface area contributed by atoms with Crippen LogP contribution in [0.3, 0.4) is 0 Å². The van der Waals surface area contributed by atoms with Gasteiger partial charge in [-0.05, 0) is 120 Å². The second-order valence-electron chi connectivity index (χ2n) is 24.5. The van der Waals surface area contributed by atoms with Crippen molar-refractivity contribution in [1.82, 2.24) is 29.1 Å². The smallest absolute Gasteiger partial charge is 0.235 e. The van der Waals surface area contributed by atoms with E-state index in [1.165, 1.54) is 82.0 Å². The molecule has 6 nitrogen and oxygen atoms in total. The fraction of sp³-hybridized carbons (Fsp3) is 0. The molecular weight excluding hydrogens is 1170 g/mol. The van der Waals surface area contributed by atoms with E-state index in [1.807, 2.05) is 0 Å². The molecule has 0 radical (unpaired) electrons. The summed E-state index contributed by atoms with van der Waals surface area (Å²) < 4.78 is 4.50. The summed E-state index contributed by atoms with van der Waals surface area (Å²) in [4.78, 5) is 21.2. The van der Waals surface area contributed by atoms with Gasteiger partial charge in [-0.1, -0.05) is 309 Å². The zero-order valence-electron chi connectivity index (χ0n) is 52.2. The molecule has 0 N–H and O–H groups in total. The summed E-state index contributed by atoms with van der Waals surface area (Å²) >= 11 is 0. The zero-order valence-corrected chi connectivity index (χ0v) is 52.2. The Morgan fingerprint density at radius 3 is 0.927 bits per heavy atom. The Labute approximate surface area is 554 Å². The van der Waals surface area contributed by atoms with E-state index in [0.29, 0.717) is 11.9 Å². The van der Waals surface area contributed by atoms with Crippen molar-refractivity contribution in [1.29, 1.82) is 0 Å². The fourth-order valence-electron chi connectivity index (χ4n) is 14.2. The van der Waals surface area contributed by atoms with Crippen molar-refractivity contribution in [2.45, 2.75) is 0 Å². The van der Waals surface area contributed by atoms with Crippen molar-refractivity contribution in [3.05, 3.63) is 352 Å². The first-order valence-electron chi connectivity index (χ1n) is 32.6. The van der Waals surface area contributed by atoms with Crippen molar-refractivity contribution >= 4 is 87.0 Å². The van der Waals surface area contributed by atoms with Crippen LogP contribution in [0.15, 0.2) is 352 Å². The Kier molecular flexibility index (Phi) is 13.8. The average Bonchev–Trinajstić information content (AvgIpc) is 1.56. The summed E-state index contributed by atoms with van der Waals surface area (Å²) in [6.07, 6.45) is 0. The lowest BCUT2D eigenvalue weighted by Crippen LogP contribution is -2.03. The first-order chi connectivity index (χ1) is 47.6. The molecule has 0 amide bonds. The molecule has 6 heteroatoms. The van der Waals surface area contributed by atoms with Gasteiger partial charge in [0.15, 0.2) is 0 Å². The summed E-state index contributed by atoms with van der Waals surface area (Å²) in [7, 11) is 0. The molecule has 448 valence electrons. The van der Waals surface area contributed by atoms with Crippen LogP contribution in [0.25, 0.3) is 177 Å². The van der Waals surface area contributed by atoms with Gasteiger partial charge in [-0.2, -0.15) is 0 Å². The van der Waals surface area contributed by atoms with E-state index in [2.05, 4.69) is 361 Å². The van der Waals surface area contributed by atoms with Crippen LogP contribution in [0.5, 0.6) is 0 Å². The monoisotopic (exact) mass is 1220 g/mol. The Bertz CT molecular complexity index is 6160. The number of rotatable bonds is 9. The first kappa shape index (κ1) is 55.9. The van der Waals surface area contributed by atoms with Gasteiger partial charge in [-0.25, -0.2) is 19.9 Å². The van der Waals surface area contributed by atoms with Crippen LogP contribution in [0, 0.1) is 0 Å². The third-order valence-electron chi connectivity index (χ3n) is 18.8. The summed E-state index contributed by atoms with van der Waals surface area (Å²) in [5.41, 5.74) is 21.9. The van der Waals surface area contributed by atoms with E-state index in [1.54, 1.807) is 0 Å². The van der Waals surface area contributed by atoms with Gasteiger partial charge in [0.25, 0.3) is 0 Å². The quantitative estimate of drug-likeness (QED) is 0.144. The maximum Gasteiger partial charge on any atom is 0.235 e. The lowest BCUT2D eigenvalue weighted by atomic mass is 9.98. The third-order valence-corrected chi connectivity index (χ3v) is 18.8. The summed E-state index contributed by atoms with van der Waals surface area (Å²) in [6.45, 7) is 0. The number of hydrogen-bond acceptors (Lipinski definition) is 4. The number of aromatic nitrogens is 6. The molecular formula is C90H58N6. The predicted octanol–water partition coefficient (Wildman–Crippen LogP) is 23.4. The Morgan fingerprint density at radius 1 is 0.177 bits per heavy atom. The number of nitrogens with zero attached hydrogens (tertiary/aromatic N) is 6. The average molecular weight is 1220 g/mol. The molecule has 0 bridgehead atoms. The second kappa shape index (κ2) is 23.7. The number of fused-ring (bicyclic) bond motifs is 12. The molecule has 0 saturated heterocycles. The maximum atomic E-state index is 5.40. The molecule has 19 rings (SSSR count). The zero-order chi connectivity index (χ0) is 63.5. The summed E-state index contributed by atoms with van der Waals surface area (Å²) in [6, 6.07) is 125. The first-order valence-corrected chi connectivity index (χ1v) is 32.6. The molecule has 15 aromatic carbocycles. The normalized spacial score (nSPS) is 11.5. The molecule has 0 fully saturated rings. The van der Waals surface area contributed by atoms with Crippen LogP contribution >= 0.6 is 0 Å². The van der Waals surface area contributed by atoms with Gasteiger partial charge < -0.3 is 0 Å². The standard InChI is InChI=1S/C48H31N3.C42H27N3/c1-3-11-32(12-4-1)34-19-21-35(22-20-34)36-23-25-38(26-24-36)47-41-17-9-10-18-43(41)49-48(50-47)51-44-30-28-37-15-7-8-16-40(37)46(44)42-29-27-39(31-45(42)51)33-13-5-2-6-14-33;1-3-12-28(13-4-1)31-17-11-18-33(26-31)41-35-20-9-10-21-37(35)43-42(44-41)45-38-25-23-30-16-7-8-19-34(30)40(38)36-24-22-32(27-39(36)45)29-14-5-2-6-15-29/h1-31H;1-27H. The van der Waals surface area contributed by atoms with E-state index < -0.39 is 0 Å². The Balaban J connectivity index is 0.000000141. The Morgan fingerprint density at radius 2 is 0.490 bits per heavy atom. The van der Waals surface area contributed by atoms with Crippen molar-refractivity contribution in [3.8, 4) is 90.0 Å². The van der Waals surface area contributed by atoms with Gasteiger partial charge in [0.1, 0.15) is 0 Å². The van der Waals surface area contributed by atoms with Gasteiger partial charge in [-0.3, -0.25) is 9.13 Å². The van der Waals surface area contributed by atoms with Crippen LogP contribution in [-0.4, -0.2) is 29.1 Å². The third kappa shape index (κ3) is 9.91. The van der Waals surface area contributed by atoms with Crippen LogP contribution in [0.4, 0.5) is 0 Å². The molecule has 0 saturated carbocycles. The highest BCUT2D eigenvalue weighted by Crippen LogP contribution is 2.42. The molecule has 4 heterocycles. The van der Waals surface area contributed by atoms with E-state index >= 15 is 0 Å².